The van der Waals surface area contributed by atoms with Crippen LogP contribution in [-0.4, -0.2) is 0 Å². The maximum atomic E-state index is 2.50. The summed E-state index contributed by atoms with van der Waals surface area (Å²) in [7, 11) is 0. The lowest BCUT2D eigenvalue weighted by atomic mass is 9.80. The summed E-state index contributed by atoms with van der Waals surface area (Å²) in [5, 5.41) is 12.8. The average Bonchev–Trinajstić information content (AvgIpc) is 3.43. The van der Waals surface area contributed by atoms with E-state index in [1.54, 1.807) is 0 Å². The topological polar surface area (TPSA) is 0 Å². The van der Waals surface area contributed by atoms with E-state index in [0.717, 1.165) is 0 Å². The molecule has 0 bridgehead atoms. The number of benzene rings is 10. The van der Waals surface area contributed by atoms with E-state index in [1.807, 2.05) is 0 Å². The zero-order valence-electron chi connectivity index (χ0n) is 29.8. The third-order valence-electron chi connectivity index (χ3n) is 12.0. The Hall–Kier alpha value is -6.50. The van der Waals surface area contributed by atoms with Gasteiger partial charge in [0.1, 0.15) is 0 Å². The van der Waals surface area contributed by atoms with Crippen molar-refractivity contribution in [3.05, 3.63) is 193 Å². The fourth-order valence-electron chi connectivity index (χ4n) is 9.17. The highest BCUT2D eigenvalue weighted by Gasteiger charge is 2.37. The number of fused-ring (bicyclic) bond motifs is 9. The third kappa shape index (κ3) is 4.62. The zero-order valence-corrected chi connectivity index (χ0v) is 29.8. The van der Waals surface area contributed by atoms with Crippen molar-refractivity contribution in [1.82, 2.24) is 0 Å². The second-order valence-electron chi connectivity index (χ2n) is 15.3. The van der Waals surface area contributed by atoms with Crippen LogP contribution in [0.15, 0.2) is 182 Å². The summed E-state index contributed by atoms with van der Waals surface area (Å²) < 4.78 is 0. The van der Waals surface area contributed by atoms with Gasteiger partial charge in [0.25, 0.3) is 0 Å². The first kappa shape index (κ1) is 30.2. The highest BCUT2D eigenvalue weighted by atomic mass is 14.4. The summed E-state index contributed by atoms with van der Waals surface area (Å²) >= 11 is 0. The largest absolute Gasteiger partial charge is 0.0616 e. The van der Waals surface area contributed by atoms with Gasteiger partial charge in [-0.25, -0.2) is 0 Å². The molecule has 0 spiro atoms. The smallest absolute Gasteiger partial charge is 0.0159 e. The SMILES string of the molecule is CC1(C)c2cc3ccccc3cc2-c2c1cc(-c1cc(-c3ccc4cc(-c5ccc6ccccc6c5)ccc4c3)c3ccccc3c1)c1ccccc21. The fraction of sp³-hybridized carbons (Fsp3) is 0.0566. The molecule has 0 amide bonds. The summed E-state index contributed by atoms with van der Waals surface area (Å²) in [6.07, 6.45) is 0. The van der Waals surface area contributed by atoms with Crippen LogP contribution in [0.1, 0.15) is 25.0 Å². The Kier molecular flexibility index (Phi) is 6.40. The monoisotopic (exact) mass is 672 g/mol. The molecule has 0 heterocycles. The molecule has 0 heteroatoms. The number of rotatable bonds is 3. The average molecular weight is 673 g/mol. The van der Waals surface area contributed by atoms with Crippen LogP contribution in [-0.2, 0) is 5.41 Å². The zero-order chi connectivity index (χ0) is 35.3. The molecule has 11 rings (SSSR count). The van der Waals surface area contributed by atoms with E-state index in [2.05, 4.69) is 196 Å². The van der Waals surface area contributed by atoms with Gasteiger partial charge in [-0.1, -0.05) is 147 Å². The first-order chi connectivity index (χ1) is 26.0. The van der Waals surface area contributed by atoms with Crippen LogP contribution >= 0.6 is 0 Å². The predicted octanol–water partition coefficient (Wildman–Crippen LogP) is 14.8. The Labute approximate surface area is 309 Å². The lowest BCUT2D eigenvalue weighted by molar-refractivity contribution is 0.662. The minimum atomic E-state index is -0.128. The van der Waals surface area contributed by atoms with Gasteiger partial charge >= 0.3 is 0 Å². The quantitative estimate of drug-likeness (QED) is 0.175. The maximum Gasteiger partial charge on any atom is 0.0159 e. The van der Waals surface area contributed by atoms with Gasteiger partial charge in [0, 0.05) is 5.41 Å². The Balaban J connectivity index is 1.08. The van der Waals surface area contributed by atoms with Gasteiger partial charge in [0.05, 0.1) is 0 Å². The molecule has 10 aromatic rings. The standard InChI is InChI=1S/C53H36/c1-53(2)50-31-36-14-6-5-13-35(36)29-49(50)52-46-18-10-9-17-45(46)48(32-51(52)53)43-28-41-15-7-8-16-44(41)47(30-43)42-24-23-39-26-38(21-22-40(39)27-42)37-20-19-33-11-3-4-12-34(33)25-37/h3-32H,1-2H3. The van der Waals surface area contributed by atoms with E-state index in [-0.39, 0.29) is 5.41 Å². The first-order valence-electron chi connectivity index (χ1n) is 18.7. The summed E-state index contributed by atoms with van der Waals surface area (Å²) in [6.45, 7) is 4.80. The van der Waals surface area contributed by atoms with Crippen LogP contribution in [0.5, 0.6) is 0 Å². The number of hydrogen-bond acceptors (Lipinski definition) is 0. The van der Waals surface area contributed by atoms with E-state index < -0.39 is 0 Å². The highest BCUT2D eigenvalue weighted by molar-refractivity contribution is 6.12. The molecule has 0 saturated heterocycles. The fourth-order valence-corrected chi connectivity index (χ4v) is 9.17. The molecular formula is C53H36. The molecule has 1 aliphatic rings. The van der Waals surface area contributed by atoms with Gasteiger partial charge in [-0.05, 0) is 158 Å². The molecule has 0 fully saturated rings. The molecule has 0 radical (unpaired) electrons. The van der Waals surface area contributed by atoms with Crippen molar-refractivity contribution in [1.29, 1.82) is 0 Å². The lowest BCUT2D eigenvalue weighted by Gasteiger charge is -2.23. The maximum absolute atomic E-state index is 2.50. The van der Waals surface area contributed by atoms with E-state index in [0.29, 0.717) is 0 Å². The van der Waals surface area contributed by atoms with Crippen LogP contribution in [0.2, 0.25) is 0 Å². The Morgan fingerprint density at radius 3 is 1.47 bits per heavy atom. The predicted molar refractivity (Wildman–Crippen MR) is 228 cm³/mol. The van der Waals surface area contributed by atoms with Gasteiger partial charge in [0.2, 0.25) is 0 Å². The van der Waals surface area contributed by atoms with E-state index in [9.17, 15) is 0 Å². The van der Waals surface area contributed by atoms with Crippen LogP contribution < -0.4 is 0 Å². The normalized spacial score (nSPS) is 13.2. The van der Waals surface area contributed by atoms with Gasteiger partial charge in [-0.3, -0.25) is 0 Å². The van der Waals surface area contributed by atoms with E-state index >= 15 is 0 Å². The summed E-state index contributed by atoms with van der Waals surface area (Å²) in [4.78, 5) is 0. The molecule has 0 atom stereocenters. The molecule has 10 aromatic carbocycles. The molecule has 248 valence electrons. The molecular weight excluding hydrogens is 637 g/mol. The van der Waals surface area contributed by atoms with Crippen molar-refractivity contribution in [3.8, 4) is 44.5 Å². The molecule has 0 N–H and O–H groups in total. The second-order valence-corrected chi connectivity index (χ2v) is 15.3. The Morgan fingerprint density at radius 1 is 0.283 bits per heavy atom. The van der Waals surface area contributed by atoms with Crippen molar-refractivity contribution in [2.75, 3.05) is 0 Å². The third-order valence-corrected chi connectivity index (χ3v) is 12.0. The molecule has 53 heavy (non-hydrogen) atoms. The van der Waals surface area contributed by atoms with Gasteiger partial charge in [0.15, 0.2) is 0 Å². The van der Waals surface area contributed by atoms with Crippen LogP contribution in [0.4, 0.5) is 0 Å². The van der Waals surface area contributed by atoms with Crippen molar-refractivity contribution < 1.29 is 0 Å². The van der Waals surface area contributed by atoms with Gasteiger partial charge in [-0.2, -0.15) is 0 Å². The van der Waals surface area contributed by atoms with Gasteiger partial charge < -0.3 is 0 Å². The highest BCUT2D eigenvalue weighted by Crippen LogP contribution is 2.54. The van der Waals surface area contributed by atoms with E-state index in [1.165, 1.54) is 109 Å². The summed E-state index contributed by atoms with van der Waals surface area (Å²) in [6, 6.07) is 68.1. The second kappa shape index (κ2) is 11.2. The molecule has 0 saturated carbocycles. The van der Waals surface area contributed by atoms with Crippen molar-refractivity contribution in [2.24, 2.45) is 0 Å². The van der Waals surface area contributed by atoms with Crippen LogP contribution in [0.3, 0.4) is 0 Å². The lowest BCUT2D eigenvalue weighted by Crippen LogP contribution is -2.15. The van der Waals surface area contributed by atoms with Crippen LogP contribution in [0.25, 0.3) is 98.4 Å². The van der Waals surface area contributed by atoms with Crippen molar-refractivity contribution in [2.45, 2.75) is 19.3 Å². The van der Waals surface area contributed by atoms with E-state index in [4.69, 9.17) is 0 Å². The summed E-state index contributed by atoms with van der Waals surface area (Å²) in [5.41, 5.74) is 13.0. The minimum Gasteiger partial charge on any atom is -0.0616 e. The molecule has 0 nitrogen and oxygen atoms in total. The number of hydrogen-bond donors (Lipinski definition) is 0. The Bertz CT molecular complexity index is 3140. The minimum absolute atomic E-state index is 0.128. The van der Waals surface area contributed by atoms with Crippen molar-refractivity contribution >= 4 is 53.9 Å². The molecule has 0 unspecified atom stereocenters. The van der Waals surface area contributed by atoms with Crippen molar-refractivity contribution in [3.63, 3.8) is 0 Å². The first-order valence-corrected chi connectivity index (χ1v) is 18.7. The molecule has 0 aromatic heterocycles. The van der Waals surface area contributed by atoms with Gasteiger partial charge in [-0.15, -0.1) is 0 Å². The Morgan fingerprint density at radius 2 is 0.755 bits per heavy atom. The molecule has 1 aliphatic carbocycles. The molecule has 0 aliphatic heterocycles. The summed E-state index contributed by atoms with van der Waals surface area (Å²) in [5.74, 6) is 0. The van der Waals surface area contributed by atoms with Crippen LogP contribution in [0, 0.1) is 0 Å².